The van der Waals surface area contributed by atoms with Gasteiger partial charge in [-0.2, -0.15) is 13.2 Å². The van der Waals surface area contributed by atoms with E-state index in [-0.39, 0.29) is 11.5 Å². The number of aromatic nitrogens is 2. The fraction of sp³-hybridized carbons (Fsp3) is 0.576. The molecule has 1 aliphatic carbocycles. The number of piperidine rings is 1. The minimum absolute atomic E-state index is 0.0173. The summed E-state index contributed by atoms with van der Waals surface area (Å²) in [7, 11) is 0. The standard InChI is InChI=1S/C59H83F3N8/c1-9-48(66-42(6)56(45-17-11-12-18-45)69-27-24-44(37-69)35-64-10-2)31-43-16-15-19-46(30-43)47-21-22-54-51(32-47)53(34-58(7,8)25-23-40(3)4)57(70(54)39-59(60,61)62)52-33-50(36-65-55(52)41(5)63)68-29-28-67-26-14-13-20-49(67)38-68/h9,15-16,19,21-22,30,32-33,36,41,44-45,48-49,56,64,66H,1,3,6,10-14,17-18,20,23-29,31,34-35,37-39,63H2,2,4-5,7-8H3. The maximum Gasteiger partial charge on any atom is 0.406 e. The minimum atomic E-state index is -4.47. The van der Waals surface area contributed by atoms with Crippen molar-refractivity contribution in [3.8, 4) is 22.4 Å². The minimum Gasteiger partial charge on any atom is -0.381 e. The number of halogens is 3. The third-order valence-corrected chi connectivity index (χ3v) is 16.2. The van der Waals surface area contributed by atoms with E-state index in [1.807, 2.05) is 38.3 Å². The van der Waals surface area contributed by atoms with E-state index in [0.29, 0.717) is 52.8 Å². The van der Waals surface area contributed by atoms with Crippen LogP contribution in [0.3, 0.4) is 0 Å². The van der Waals surface area contributed by atoms with Gasteiger partial charge in [0.05, 0.1) is 29.3 Å². The molecule has 2 aromatic carbocycles. The van der Waals surface area contributed by atoms with Gasteiger partial charge in [0.25, 0.3) is 0 Å². The lowest BCUT2D eigenvalue weighted by Crippen LogP contribution is -2.54. The number of benzene rings is 2. The third kappa shape index (κ3) is 12.4. The first-order chi connectivity index (χ1) is 33.5. The highest BCUT2D eigenvalue weighted by Gasteiger charge is 2.38. The van der Waals surface area contributed by atoms with E-state index in [2.05, 4.69) is 95.7 Å². The molecule has 3 aliphatic heterocycles. The lowest BCUT2D eigenvalue weighted by Gasteiger charge is -2.45. The largest absolute Gasteiger partial charge is 0.406 e. The Morgan fingerprint density at radius 3 is 2.44 bits per heavy atom. The van der Waals surface area contributed by atoms with Crippen LogP contribution in [0.15, 0.2) is 91.8 Å². The van der Waals surface area contributed by atoms with Crippen LogP contribution in [0, 0.1) is 17.3 Å². The summed E-state index contributed by atoms with van der Waals surface area (Å²) in [6, 6.07) is 17.0. The molecule has 0 radical (unpaired) electrons. The van der Waals surface area contributed by atoms with Gasteiger partial charge in [0, 0.05) is 66.5 Å². The van der Waals surface area contributed by atoms with Gasteiger partial charge in [-0.1, -0.05) is 88.6 Å². The molecule has 4 N–H and O–H groups in total. The smallest absolute Gasteiger partial charge is 0.381 e. The molecule has 0 amide bonds. The van der Waals surface area contributed by atoms with E-state index in [1.165, 1.54) is 49.5 Å². The first-order valence-electron chi connectivity index (χ1n) is 26.7. The molecule has 5 unspecified atom stereocenters. The number of hydrogen-bond donors (Lipinski definition) is 3. The zero-order valence-electron chi connectivity index (χ0n) is 43.2. The maximum absolute atomic E-state index is 15.1. The predicted octanol–water partition coefficient (Wildman–Crippen LogP) is 12.2. The Morgan fingerprint density at radius 1 is 0.943 bits per heavy atom. The molecule has 380 valence electrons. The number of nitrogens with zero attached hydrogens (tertiary/aromatic N) is 5. The molecule has 4 aromatic rings. The fourth-order valence-corrected chi connectivity index (χ4v) is 12.5. The van der Waals surface area contributed by atoms with Gasteiger partial charge in [-0.3, -0.25) is 14.8 Å². The highest BCUT2D eigenvalue weighted by atomic mass is 19.4. The van der Waals surface area contributed by atoms with Gasteiger partial charge in [0.15, 0.2) is 0 Å². The van der Waals surface area contributed by atoms with Gasteiger partial charge in [-0.25, -0.2) is 0 Å². The molecule has 8 nitrogen and oxygen atoms in total. The summed E-state index contributed by atoms with van der Waals surface area (Å²) >= 11 is 0. The van der Waals surface area contributed by atoms with Gasteiger partial charge in [0.1, 0.15) is 6.54 Å². The van der Waals surface area contributed by atoms with Gasteiger partial charge in [-0.15, -0.1) is 13.2 Å². The van der Waals surface area contributed by atoms with Crippen molar-refractivity contribution in [2.24, 2.45) is 23.0 Å². The molecule has 0 bridgehead atoms. The first-order valence-corrected chi connectivity index (χ1v) is 26.7. The number of nitrogens with two attached hydrogens (primary N) is 1. The molecule has 4 aliphatic rings. The van der Waals surface area contributed by atoms with Crippen LogP contribution in [0.2, 0.25) is 0 Å². The summed E-state index contributed by atoms with van der Waals surface area (Å²) in [5.74, 6) is 1.27. The van der Waals surface area contributed by atoms with Crippen LogP contribution in [0.4, 0.5) is 18.9 Å². The predicted molar refractivity (Wildman–Crippen MR) is 286 cm³/mol. The molecular weight excluding hydrogens is 878 g/mol. The number of likely N-dealkylation sites (tertiary alicyclic amines) is 1. The number of rotatable bonds is 21. The Hall–Kier alpha value is -4.42. The van der Waals surface area contributed by atoms with Gasteiger partial charge >= 0.3 is 6.18 Å². The Kier molecular flexibility index (Phi) is 16.7. The second-order valence-electron chi connectivity index (χ2n) is 22.5. The number of anilines is 1. The molecule has 70 heavy (non-hydrogen) atoms. The average molecular weight is 961 g/mol. The number of allylic oxidation sites excluding steroid dienone is 1. The summed E-state index contributed by atoms with van der Waals surface area (Å²) in [4.78, 5) is 12.7. The highest BCUT2D eigenvalue weighted by molar-refractivity contribution is 5.95. The Labute approximate surface area is 418 Å². The van der Waals surface area contributed by atoms with Crippen molar-refractivity contribution in [2.75, 3.05) is 57.3 Å². The normalized spacial score (nSPS) is 21.0. The fourth-order valence-electron chi connectivity index (χ4n) is 12.5. The third-order valence-electron chi connectivity index (χ3n) is 16.2. The van der Waals surface area contributed by atoms with Crippen molar-refractivity contribution in [3.05, 3.63) is 109 Å². The molecule has 4 fully saturated rings. The number of nitrogens with one attached hydrogen (secondary N) is 2. The van der Waals surface area contributed by atoms with E-state index in [9.17, 15) is 0 Å². The molecule has 5 atom stereocenters. The van der Waals surface area contributed by atoms with Crippen molar-refractivity contribution in [1.82, 2.24) is 30.0 Å². The topological polar surface area (TPSA) is 77.6 Å². The maximum atomic E-state index is 15.1. The van der Waals surface area contributed by atoms with Crippen molar-refractivity contribution in [3.63, 3.8) is 0 Å². The molecule has 2 aromatic heterocycles. The van der Waals surface area contributed by atoms with Crippen LogP contribution >= 0.6 is 0 Å². The highest BCUT2D eigenvalue weighted by Crippen LogP contribution is 2.45. The number of pyridine rings is 1. The lowest BCUT2D eigenvalue weighted by atomic mass is 9.79. The SMILES string of the molecule is C=CC(Cc1cccc(-c2ccc3c(c2)c(CC(C)(C)CCC(=C)C)c(-c2cc(N4CCN5CCCCC5C4)cnc2C(C)N)n3CC(F)(F)F)c1)NC(=C)C(C1CCCC1)N1CCC(CNCC)C1. The van der Waals surface area contributed by atoms with E-state index in [1.54, 1.807) is 0 Å². The Balaban J connectivity index is 1.16. The van der Waals surface area contributed by atoms with Gasteiger partial charge < -0.3 is 25.8 Å². The summed E-state index contributed by atoms with van der Waals surface area (Å²) < 4.78 is 46.7. The lowest BCUT2D eigenvalue weighted by molar-refractivity contribution is -0.139. The van der Waals surface area contributed by atoms with Crippen molar-refractivity contribution in [2.45, 2.75) is 149 Å². The average Bonchev–Trinajstić information content (AvgIpc) is 4.10. The van der Waals surface area contributed by atoms with E-state index in [0.717, 1.165) is 123 Å². The number of fused-ring (bicyclic) bond motifs is 2. The second kappa shape index (κ2) is 22.6. The molecule has 11 heteroatoms. The van der Waals surface area contributed by atoms with Gasteiger partial charge in [-0.05, 0) is 156 Å². The number of hydrogen-bond acceptors (Lipinski definition) is 7. The Morgan fingerprint density at radius 2 is 1.71 bits per heavy atom. The molecule has 0 spiro atoms. The summed E-state index contributed by atoms with van der Waals surface area (Å²) in [6.45, 7) is 30.7. The first kappa shape index (κ1) is 51.9. The summed E-state index contributed by atoms with van der Waals surface area (Å²) in [6.07, 6.45) is 12.3. The van der Waals surface area contributed by atoms with Crippen LogP contribution in [0.5, 0.6) is 0 Å². The summed E-state index contributed by atoms with van der Waals surface area (Å²) in [5.41, 5.74) is 16.1. The van der Waals surface area contributed by atoms with Crippen LogP contribution in [-0.2, 0) is 19.4 Å². The zero-order chi connectivity index (χ0) is 49.7. The molecule has 5 heterocycles. The van der Waals surface area contributed by atoms with Gasteiger partial charge in [0.2, 0.25) is 0 Å². The quantitative estimate of drug-likeness (QED) is 0.0718. The number of alkyl halides is 3. The van der Waals surface area contributed by atoms with Crippen LogP contribution < -0.4 is 21.3 Å². The second-order valence-corrected chi connectivity index (χ2v) is 22.5. The monoisotopic (exact) mass is 961 g/mol. The van der Waals surface area contributed by atoms with Crippen LogP contribution in [0.25, 0.3) is 33.3 Å². The van der Waals surface area contributed by atoms with Crippen LogP contribution in [0.1, 0.15) is 122 Å². The van der Waals surface area contributed by atoms with E-state index >= 15 is 13.2 Å². The molecule has 3 saturated heterocycles. The zero-order valence-corrected chi connectivity index (χ0v) is 43.2. The molecule has 1 saturated carbocycles. The number of piperazine rings is 1. The van der Waals surface area contributed by atoms with Crippen molar-refractivity contribution >= 4 is 16.6 Å². The van der Waals surface area contributed by atoms with Crippen LogP contribution in [-0.4, -0.2) is 96.0 Å². The molecule has 8 rings (SSSR count). The van der Waals surface area contributed by atoms with Crippen molar-refractivity contribution in [1.29, 1.82) is 0 Å². The summed E-state index contributed by atoms with van der Waals surface area (Å²) in [5, 5.41) is 8.26. The molecular formula is C59H83F3N8. The van der Waals surface area contributed by atoms with E-state index < -0.39 is 18.8 Å². The Bertz CT molecular complexity index is 2440. The van der Waals surface area contributed by atoms with E-state index in [4.69, 9.17) is 17.3 Å². The van der Waals surface area contributed by atoms with Crippen molar-refractivity contribution < 1.29 is 13.2 Å².